The van der Waals surface area contributed by atoms with Crippen molar-refractivity contribution in [2.75, 3.05) is 18.0 Å². The second kappa shape index (κ2) is 6.83. The van der Waals surface area contributed by atoms with E-state index in [4.69, 9.17) is 10.00 Å². The van der Waals surface area contributed by atoms with Gasteiger partial charge in [-0.2, -0.15) is 5.26 Å². The number of nitriles is 1. The first-order valence-corrected chi connectivity index (χ1v) is 7.93. The Morgan fingerprint density at radius 3 is 2.96 bits per heavy atom. The van der Waals surface area contributed by atoms with E-state index in [1.54, 1.807) is 30.5 Å². The second-order valence-electron chi connectivity index (χ2n) is 5.97. The SMILES string of the molecule is Cc1ncc(C)c(N2CC[C@@H](Oc3cccc(C#N)c3)[C@@H](F)C2)n1. The van der Waals surface area contributed by atoms with Crippen LogP contribution in [0, 0.1) is 25.2 Å². The van der Waals surface area contributed by atoms with Crippen LogP contribution in [-0.2, 0) is 0 Å². The molecule has 0 unspecified atom stereocenters. The summed E-state index contributed by atoms with van der Waals surface area (Å²) in [5, 5.41) is 8.93. The summed E-state index contributed by atoms with van der Waals surface area (Å²) < 4.78 is 20.4. The van der Waals surface area contributed by atoms with Gasteiger partial charge >= 0.3 is 0 Å². The first kappa shape index (κ1) is 16.2. The van der Waals surface area contributed by atoms with Crippen molar-refractivity contribution in [2.24, 2.45) is 0 Å². The standard InChI is InChI=1S/C18H19FN4O/c1-12-10-21-13(2)22-18(12)23-7-6-17(16(19)11-23)24-15-5-3-4-14(8-15)9-20/h3-5,8,10,16-17H,6-7,11H2,1-2H3/t16-,17+/m0/s1. The van der Waals surface area contributed by atoms with E-state index in [-0.39, 0.29) is 6.54 Å². The minimum atomic E-state index is -1.13. The molecule has 1 aromatic heterocycles. The molecular formula is C18H19FN4O. The summed E-state index contributed by atoms with van der Waals surface area (Å²) in [6.07, 6.45) is 0.680. The number of aryl methyl sites for hydroxylation is 2. The minimum absolute atomic E-state index is 0.236. The molecule has 1 aliphatic rings. The van der Waals surface area contributed by atoms with Gasteiger partial charge in [-0.15, -0.1) is 0 Å². The summed E-state index contributed by atoms with van der Waals surface area (Å²) >= 11 is 0. The molecule has 0 spiro atoms. The van der Waals surface area contributed by atoms with E-state index in [0.29, 0.717) is 30.1 Å². The van der Waals surface area contributed by atoms with Gasteiger partial charge < -0.3 is 9.64 Å². The van der Waals surface area contributed by atoms with Crippen LogP contribution in [0.25, 0.3) is 0 Å². The largest absolute Gasteiger partial charge is 0.487 e. The van der Waals surface area contributed by atoms with Gasteiger partial charge in [0.2, 0.25) is 0 Å². The van der Waals surface area contributed by atoms with E-state index in [9.17, 15) is 4.39 Å². The van der Waals surface area contributed by atoms with Crippen molar-refractivity contribution in [1.29, 1.82) is 5.26 Å². The number of halogens is 1. The fourth-order valence-corrected chi connectivity index (χ4v) is 2.86. The molecule has 0 N–H and O–H groups in total. The molecule has 6 heteroatoms. The molecule has 2 aromatic rings. The van der Waals surface area contributed by atoms with Crippen molar-refractivity contribution in [3.63, 3.8) is 0 Å². The normalized spacial score (nSPS) is 20.5. The Hall–Kier alpha value is -2.68. The smallest absolute Gasteiger partial charge is 0.154 e. The molecule has 1 fully saturated rings. The number of hydrogen-bond donors (Lipinski definition) is 0. The van der Waals surface area contributed by atoms with E-state index in [2.05, 4.69) is 16.0 Å². The lowest BCUT2D eigenvalue weighted by Crippen LogP contribution is -2.47. The average Bonchev–Trinajstić information content (AvgIpc) is 2.59. The highest BCUT2D eigenvalue weighted by Crippen LogP contribution is 2.26. The third-order valence-corrected chi connectivity index (χ3v) is 4.10. The summed E-state index contributed by atoms with van der Waals surface area (Å²) in [5.74, 6) is 2.00. The zero-order valence-corrected chi connectivity index (χ0v) is 13.7. The molecule has 0 saturated carbocycles. The fourth-order valence-electron chi connectivity index (χ4n) is 2.86. The summed E-state index contributed by atoms with van der Waals surface area (Å²) in [5.41, 5.74) is 1.45. The molecule has 1 aromatic carbocycles. The Labute approximate surface area is 140 Å². The van der Waals surface area contributed by atoms with Gasteiger partial charge in [-0.25, -0.2) is 14.4 Å². The van der Waals surface area contributed by atoms with Crippen molar-refractivity contribution in [2.45, 2.75) is 32.5 Å². The average molecular weight is 326 g/mol. The third kappa shape index (κ3) is 3.46. The topological polar surface area (TPSA) is 62.0 Å². The van der Waals surface area contributed by atoms with Crippen LogP contribution in [0.4, 0.5) is 10.2 Å². The molecule has 2 atom stereocenters. The Morgan fingerprint density at radius 1 is 1.38 bits per heavy atom. The lowest BCUT2D eigenvalue weighted by Gasteiger charge is -2.36. The molecular weight excluding hydrogens is 307 g/mol. The first-order valence-electron chi connectivity index (χ1n) is 7.93. The van der Waals surface area contributed by atoms with E-state index in [1.165, 1.54) is 0 Å². The van der Waals surface area contributed by atoms with Crippen LogP contribution in [0.3, 0.4) is 0 Å². The molecule has 0 aliphatic carbocycles. The highest BCUT2D eigenvalue weighted by Gasteiger charge is 2.32. The molecule has 0 bridgehead atoms. The van der Waals surface area contributed by atoms with E-state index < -0.39 is 12.3 Å². The van der Waals surface area contributed by atoms with Gasteiger partial charge in [0.1, 0.15) is 23.5 Å². The zero-order valence-electron chi connectivity index (χ0n) is 13.7. The molecule has 2 heterocycles. The second-order valence-corrected chi connectivity index (χ2v) is 5.97. The van der Waals surface area contributed by atoms with Crippen molar-refractivity contribution in [3.8, 4) is 11.8 Å². The fraction of sp³-hybridized carbons (Fsp3) is 0.389. The molecule has 0 amide bonds. The van der Waals surface area contributed by atoms with Crippen LogP contribution in [0.2, 0.25) is 0 Å². The van der Waals surface area contributed by atoms with Crippen LogP contribution in [-0.4, -0.2) is 35.3 Å². The van der Waals surface area contributed by atoms with Crippen molar-refractivity contribution < 1.29 is 9.13 Å². The number of nitrogens with zero attached hydrogens (tertiary/aromatic N) is 4. The van der Waals surface area contributed by atoms with Gasteiger partial charge in [0, 0.05) is 24.7 Å². The maximum absolute atomic E-state index is 14.6. The maximum Gasteiger partial charge on any atom is 0.154 e. The van der Waals surface area contributed by atoms with Gasteiger partial charge in [0.15, 0.2) is 6.17 Å². The molecule has 1 aliphatic heterocycles. The van der Waals surface area contributed by atoms with Crippen molar-refractivity contribution >= 4 is 5.82 Å². The Kier molecular flexibility index (Phi) is 4.61. The number of benzene rings is 1. The summed E-state index contributed by atoms with van der Waals surface area (Å²) in [6, 6.07) is 8.88. The quantitative estimate of drug-likeness (QED) is 0.868. The number of hydrogen-bond acceptors (Lipinski definition) is 5. The number of alkyl halides is 1. The minimum Gasteiger partial charge on any atom is -0.487 e. The van der Waals surface area contributed by atoms with Crippen LogP contribution in [0.15, 0.2) is 30.5 Å². The molecule has 1 saturated heterocycles. The predicted molar refractivity (Wildman–Crippen MR) is 88.8 cm³/mol. The van der Waals surface area contributed by atoms with Gasteiger partial charge in [0.25, 0.3) is 0 Å². The predicted octanol–water partition coefficient (Wildman–Crippen LogP) is 2.96. The van der Waals surface area contributed by atoms with Crippen LogP contribution in [0.5, 0.6) is 5.75 Å². The van der Waals surface area contributed by atoms with Crippen LogP contribution < -0.4 is 9.64 Å². The molecule has 3 rings (SSSR count). The van der Waals surface area contributed by atoms with Gasteiger partial charge in [-0.1, -0.05) is 6.07 Å². The van der Waals surface area contributed by atoms with E-state index >= 15 is 0 Å². The third-order valence-electron chi connectivity index (χ3n) is 4.10. The summed E-state index contributed by atoms with van der Waals surface area (Å²) in [6.45, 7) is 4.66. The van der Waals surface area contributed by atoms with E-state index in [1.807, 2.05) is 18.7 Å². The number of piperidine rings is 1. The van der Waals surface area contributed by atoms with Crippen molar-refractivity contribution in [1.82, 2.24) is 9.97 Å². The Bertz CT molecular complexity index is 774. The lowest BCUT2D eigenvalue weighted by molar-refractivity contribution is 0.0818. The van der Waals surface area contributed by atoms with Crippen molar-refractivity contribution in [3.05, 3.63) is 47.4 Å². The highest BCUT2D eigenvalue weighted by molar-refractivity contribution is 5.46. The zero-order chi connectivity index (χ0) is 17.1. The maximum atomic E-state index is 14.6. The molecule has 24 heavy (non-hydrogen) atoms. The van der Waals surface area contributed by atoms with Crippen LogP contribution >= 0.6 is 0 Å². The highest BCUT2D eigenvalue weighted by atomic mass is 19.1. The lowest BCUT2D eigenvalue weighted by atomic mass is 10.1. The monoisotopic (exact) mass is 326 g/mol. The number of aromatic nitrogens is 2. The molecule has 5 nitrogen and oxygen atoms in total. The molecule has 124 valence electrons. The van der Waals surface area contributed by atoms with E-state index in [0.717, 1.165) is 11.4 Å². The first-order chi connectivity index (χ1) is 11.6. The van der Waals surface area contributed by atoms with Crippen LogP contribution in [0.1, 0.15) is 23.4 Å². The number of anilines is 1. The Balaban J connectivity index is 1.69. The summed E-state index contributed by atoms with van der Waals surface area (Å²) in [7, 11) is 0. The summed E-state index contributed by atoms with van der Waals surface area (Å²) in [4.78, 5) is 10.5. The van der Waals surface area contributed by atoms with Gasteiger partial charge in [-0.3, -0.25) is 0 Å². The molecule has 0 radical (unpaired) electrons. The van der Waals surface area contributed by atoms with Gasteiger partial charge in [0.05, 0.1) is 18.2 Å². The Morgan fingerprint density at radius 2 is 2.21 bits per heavy atom. The number of rotatable bonds is 3. The van der Waals surface area contributed by atoms with Gasteiger partial charge in [-0.05, 0) is 32.0 Å². The number of ether oxygens (including phenoxy) is 1.